The van der Waals surface area contributed by atoms with Crippen LogP contribution in [0.1, 0.15) is 70.5 Å². The molecule has 4 aromatic heterocycles. The lowest BCUT2D eigenvalue weighted by molar-refractivity contribution is -0.123. The number of hydrogen-bond donors (Lipinski definition) is 1. The highest BCUT2D eigenvalue weighted by molar-refractivity contribution is 6.07. The van der Waals surface area contributed by atoms with E-state index in [0.717, 1.165) is 102 Å². The Labute approximate surface area is 342 Å². The summed E-state index contributed by atoms with van der Waals surface area (Å²) in [5, 5.41) is 4.97. The van der Waals surface area contributed by atoms with Gasteiger partial charge in [-0.05, 0) is 128 Å². The van der Waals surface area contributed by atoms with Crippen LogP contribution in [0.4, 0.5) is 26.2 Å². The van der Waals surface area contributed by atoms with Crippen molar-refractivity contribution in [3.8, 4) is 0 Å². The highest BCUT2D eigenvalue weighted by atomic mass is 19.1. The van der Waals surface area contributed by atoms with Crippen molar-refractivity contribution in [1.82, 2.24) is 35.2 Å². The van der Waals surface area contributed by atoms with E-state index in [2.05, 4.69) is 35.1 Å². The summed E-state index contributed by atoms with van der Waals surface area (Å²) in [6.45, 7) is 13.1. The lowest BCUT2D eigenvalue weighted by Crippen LogP contribution is -2.49. The molecular weight excluding hydrogens is 751 g/mol. The highest BCUT2D eigenvalue weighted by Crippen LogP contribution is 2.42. The van der Waals surface area contributed by atoms with Crippen molar-refractivity contribution in [1.29, 1.82) is 0 Å². The number of aryl methyl sites for hydroxylation is 1. The van der Waals surface area contributed by atoms with E-state index < -0.39 is 10.8 Å². The summed E-state index contributed by atoms with van der Waals surface area (Å²) in [4.78, 5) is 58.3. The summed E-state index contributed by atoms with van der Waals surface area (Å²) in [7, 11) is 0. The van der Waals surface area contributed by atoms with E-state index in [9.17, 15) is 18.4 Å². The first-order chi connectivity index (χ1) is 28.3. The molecule has 2 amide bonds. The minimum absolute atomic E-state index is 0.0722. The number of amides is 2. The average Bonchev–Trinajstić information content (AvgIpc) is 3.58. The van der Waals surface area contributed by atoms with Crippen molar-refractivity contribution in [2.24, 2.45) is 0 Å². The molecule has 4 aliphatic rings. The highest BCUT2D eigenvalue weighted by Gasteiger charge is 2.50. The number of carbonyl (C=O) groups excluding carboxylic acids is 2. The largest absolute Gasteiger partial charge is 0.356 e. The third kappa shape index (κ3) is 7.69. The Bertz CT molecular complexity index is 2490. The number of nitrogens with one attached hydrogen (secondary N) is 1. The molecule has 0 bridgehead atoms. The number of pyridine rings is 2. The van der Waals surface area contributed by atoms with Crippen LogP contribution in [-0.4, -0.2) is 80.0 Å². The Morgan fingerprint density at radius 1 is 0.610 bits per heavy atom. The molecule has 2 aromatic carbocycles. The monoisotopic (exact) mass is 798 g/mol. The summed E-state index contributed by atoms with van der Waals surface area (Å²) in [5.74, 6) is 2.09. The topological polar surface area (TPSA) is 133 Å². The number of halogens is 2. The van der Waals surface area contributed by atoms with Gasteiger partial charge in [0.2, 0.25) is 11.8 Å². The number of nitrogens with zero attached hydrogens (tertiary/aromatic N) is 9. The Balaban J connectivity index is 0.000000137. The van der Waals surface area contributed by atoms with Crippen LogP contribution in [0, 0.1) is 18.6 Å². The number of rotatable bonds is 3. The van der Waals surface area contributed by atoms with E-state index in [1.165, 1.54) is 24.3 Å². The van der Waals surface area contributed by atoms with Crippen LogP contribution in [0.2, 0.25) is 0 Å². The summed E-state index contributed by atoms with van der Waals surface area (Å²) >= 11 is 0. The quantitative estimate of drug-likeness (QED) is 0.200. The van der Waals surface area contributed by atoms with Crippen molar-refractivity contribution in [2.45, 2.75) is 83.2 Å². The molecule has 59 heavy (non-hydrogen) atoms. The summed E-state index contributed by atoms with van der Waals surface area (Å²) in [5.41, 5.74) is 2.96. The average molecular weight is 799 g/mol. The Kier molecular flexibility index (Phi) is 10.8. The fourth-order valence-electron chi connectivity index (χ4n) is 8.45. The second-order valence-electron chi connectivity index (χ2n) is 16.6. The van der Waals surface area contributed by atoms with Gasteiger partial charge in [-0.15, -0.1) is 0 Å². The zero-order valence-electron chi connectivity index (χ0n) is 34.0. The van der Waals surface area contributed by atoms with Gasteiger partial charge in [0, 0.05) is 66.4 Å². The molecule has 10 rings (SSSR count). The normalized spacial score (nSPS) is 18.6. The van der Waals surface area contributed by atoms with Gasteiger partial charge >= 0.3 is 0 Å². The molecule has 14 heteroatoms. The first-order valence-electron chi connectivity index (χ1n) is 20.2. The standard InChI is InChI=1S/C22H22FN5O.C13H18N4O.C10H8FN/c1-22(2)19-20(25-10-9-24-19)28(21(22)29)16-7-11-27(12-8-16)18-6-3-14-13-15(23)4-5-17(14)26-18;1-13(2)10-11(16-8-7-15-10)17(12(13)18)9-3-5-14-6-4-9;1-7-2-3-8-6-9(11)4-5-10(8)12-7/h3-6,9-10,13,16H,7-8,11-12H2,1-2H3;7-9,14H,3-6H2,1-2H3;2-6H,1H3. The van der Waals surface area contributed by atoms with Gasteiger partial charge in [-0.25, -0.2) is 23.7 Å². The predicted octanol–water partition coefficient (Wildman–Crippen LogP) is 6.99. The maximum absolute atomic E-state index is 13.4. The number of fused-ring (bicyclic) bond motifs is 4. The smallest absolute Gasteiger partial charge is 0.240 e. The van der Waals surface area contributed by atoms with E-state index in [1.807, 2.05) is 68.7 Å². The third-order valence-corrected chi connectivity index (χ3v) is 11.8. The van der Waals surface area contributed by atoms with Crippen LogP contribution in [0.3, 0.4) is 0 Å². The molecule has 0 atom stereocenters. The minimum atomic E-state index is -0.643. The SMILES string of the molecule is CC1(C)C(=O)N(C2CCN(c3ccc4cc(F)ccc4n3)CC2)c2nccnc21.CC1(C)C(=O)N(C2CCNCC2)c2nccnc21.Cc1ccc2cc(F)ccc2n1. The molecule has 0 radical (unpaired) electrons. The van der Waals surface area contributed by atoms with Gasteiger partial charge in [0.1, 0.15) is 17.5 Å². The van der Waals surface area contributed by atoms with Crippen LogP contribution >= 0.6 is 0 Å². The zero-order chi connectivity index (χ0) is 41.5. The number of anilines is 3. The van der Waals surface area contributed by atoms with E-state index in [1.54, 1.807) is 36.9 Å². The minimum Gasteiger partial charge on any atom is -0.356 e. The lowest BCUT2D eigenvalue weighted by Gasteiger charge is -2.37. The van der Waals surface area contributed by atoms with Crippen molar-refractivity contribution in [2.75, 3.05) is 40.9 Å². The summed E-state index contributed by atoms with van der Waals surface area (Å²) in [6.07, 6.45) is 10.3. The molecule has 0 spiro atoms. The fraction of sp³-hybridized carbons (Fsp3) is 0.378. The molecule has 304 valence electrons. The van der Waals surface area contributed by atoms with Crippen molar-refractivity contribution in [3.05, 3.63) is 114 Å². The Hall–Kier alpha value is -6.02. The summed E-state index contributed by atoms with van der Waals surface area (Å²) in [6, 6.07) is 17.2. The van der Waals surface area contributed by atoms with Gasteiger partial charge in [0.05, 0.1) is 33.3 Å². The molecule has 4 aliphatic heterocycles. The summed E-state index contributed by atoms with van der Waals surface area (Å²) < 4.78 is 26.1. The van der Waals surface area contributed by atoms with Crippen LogP contribution in [0.15, 0.2) is 85.5 Å². The van der Waals surface area contributed by atoms with Gasteiger partial charge < -0.3 is 10.2 Å². The van der Waals surface area contributed by atoms with E-state index in [-0.39, 0.29) is 35.5 Å². The van der Waals surface area contributed by atoms with E-state index >= 15 is 0 Å². The Morgan fingerprint density at radius 3 is 1.63 bits per heavy atom. The third-order valence-electron chi connectivity index (χ3n) is 11.8. The molecule has 1 N–H and O–H groups in total. The zero-order valence-corrected chi connectivity index (χ0v) is 34.0. The number of piperidine rings is 2. The van der Waals surface area contributed by atoms with Gasteiger partial charge in [-0.2, -0.15) is 0 Å². The molecule has 0 aliphatic carbocycles. The lowest BCUT2D eigenvalue weighted by atomic mass is 9.90. The number of carbonyl (C=O) groups is 2. The molecule has 0 unspecified atom stereocenters. The van der Waals surface area contributed by atoms with Crippen LogP contribution in [0.5, 0.6) is 0 Å². The number of benzene rings is 2. The molecule has 6 aromatic rings. The van der Waals surface area contributed by atoms with Crippen molar-refractivity contribution in [3.63, 3.8) is 0 Å². The molecule has 2 saturated heterocycles. The number of hydrogen-bond acceptors (Lipinski definition) is 10. The maximum atomic E-state index is 13.4. The second kappa shape index (κ2) is 16.0. The van der Waals surface area contributed by atoms with Gasteiger partial charge in [0.25, 0.3) is 0 Å². The van der Waals surface area contributed by atoms with Crippen molar-refractivity contribution >= 4 is 51.1 Å². The predicted molar refractivity (Wildman–Crippen MR) is 224 cm³/mol. The van der Waals surface area contributed by atoms with E-state index in [4.69, 9.17) is 4.98 Å². The molecule has 8 heterocycles. The fourth-order valence-corrected chi connectivity index (χ4v) is 8.45. The first kappa shape index (κ1) is 39.8. The van der Waals surface area contributed by atoms with Crippen LogP contribution in [-0.2, 0) is 20.4 Å². The maximum Gasteiger partial charge on any atom is 0.240 e. The van der Waals surface area contributed by atoms with Crippen LogP contribution < -0.4 is 20.0 Å². The second-order valence-corrected chi connectivity index (χ2v) is 16.6. The van der Waals surface area contributed by atoms with E-state index in [0.29, 0.717) is 5.82 Å². The number of aromatic nitrogens is 6. The molecule has 12 nitrogen and oxygen atoms in total. The molecule has 2 fully saturated rings. The van der Waals surface area contributed by atoms with Crippen molar-refractivity contribution < 1.29 is 18.4 Å². The molecule has 0 saturated carbocycles. The van der Waals surface area contributed by atoms with Crippen LogP contribution in [0.25, 0.3) is 21.8 Å². The van der Waals surface area contributed by atoms with Gasteiger partial charge in [-0.1, -0.05) is 6.07 Å². The Morgan fingerprint density at radius 2 is 1.08 bits per heavy atom. The first-order valence-corrected chi connectivity index (χ1v) is 20.2. The van der Waals surface area contributed by atoms with Gasteiger partial charge in [0.15, 0.2) is 11.6 Å². The van der Waals surface area contributed by atoms with Gasteiger partial charge in [-0.3, -0.25) is 34.3 Å². The molecular formula is C45H48F2N10O2.